The summed E-state index contributed by atoms with van der Waals surface area (Å²) < 4.78 is 6.72. The van der Waals surface area contributed by atoms with Crippen molar-refractivity contribution in [3.05, 3.63) is 64.1 Å². The van der Waals surface area contributed by atoms with E-state index in [1.165, 1.54) is 0 Å². The second-order valence-corrected chi connectivity index (χ2v) is 6.01. The molecule has 1 aliphatic heterocycles. The molecule has 102 valence electrons. The quantitative estimate of drug-likeness (QED) is 0.855. The molecule has 2 aromatic rings. The highest BCUT2D eigenvalue weighted by atomic mass is 79.9. The number of hydrogen-bond donors (Lipinski definition) is 0. The molecule has 1 heterocycles. The summed E-state index contributed by atoms with van der Waals surface area (Å²) >= 11 is 3.40. The lowest BCUT2D eigenvalue weighted by Gasteiger charge is -2.24. The van der Waals surface area contributed by atoms with E-state index in [9.17, 15) is 4.79 Å². The number of Topliss-reactive ketones (excluding diaryl/α,β-unsaturated/α-hetero) is 1. The highest BCUT2D eigenvalue weighted by molar-refractivity contribution is 9.10. The van der Waals surface area contributed by atoms with Crippen LogP contribution < -0.4 is 4.74 Å². The van der Waals surface area contributed by atoms with Gasteiger partial charge in [0.25, 0.3) is 0 Å². The zero-order chi connectivity index (χ0) is 13.9. The third-order valence-electron chi connectivity index (χ3n) is 3.63. The second-order valence-electron chi connectivity index (χ2n) is 5.09. The molecule has 0 spiro atoms. The van der Waals surface area contributed by atoms with Crippen molar-refractivity contribution in [2.45, 2.75) is 12.8 Å². The number of fused-ring (bicyclic) bond motifs is 1. The lowest BCUT2D eigenvalue weighted by Crippen LogP contribution is -2.29. The highest BCUT2D eigenvalue weighted by Crippen LogP contribution is 2.27. The number of carbonyl (C=O) groups is 1. The van der Waals surface area contributed by atoms with Crippen LogP contribution in [0.25, 0.3) is 0 Å². The minimum absolute atomic E-state index is 0.0338. The molecule has 2 nitrogen and oxygen atoms in total. The predicted octanol–water partition coefficient (Wildman–Crippen LogP) is 3.81. The Morgan fingerprint density at radius 3 is 2.70 bits per heavy atom. The molecule has 1 atom stereocenters. The Balaban J connectivity index is 1.68. The molecule has 2 aromatic carbocycles. The van der Waals surface area contributed by atoms with Crippen LogP contribution in [0.5, 0.6) is 5.75 Å². The van der Waals surface area contributed by atoms with Gasteiger partial charge in [-0.15, -0.1) is 0 Å². The standard InChI is InChI=1S/C17H15BrO2/c18-15-7-5-12(6-8-15)9-16(19)14-10-13-3-1-2-4-17(13)20-11-14/h1-8,14H,9-11H2. The van der Waals surface area contributed by atoms with Crippen LogP contribution in [0.15, 0.2) is 53.0 Å². The van der Waals surface area contributed by atoms with E-state index in [-0.39, 0.29) is 11.7 Å². The average Bonchev–Trinajstić information content (AvgIpc) is 2.49. The summed E-state index contributed by atoms with van der Waals surface area (Å²) in [6.45, 7) is 0.492. The number of hydrogen-bond acceptors (Lipinski definition) is 2. The van der Waals surface area contributed by atoms with Crippen LogP contribution in [0.1, 0.15) is 11.1 Å². The van der Waals surface area contributed by atoms with E-state index in [0.717, 1.165) is 27.8 Å². The normalized spacial score (nSPS) is 17.1. The predicted molar refractivity (Wildman–Crippen MR) is 82.0 cm³/mol. The van der Waals surface area contributed by atoms with Gasteiger partial charge >= 0.3 is 0 Å². The molecule has 0 bridgehead atoms. The fourth-order valence-corrected chi connectivity index (χ4v) is 2.75. The molecule has 1 unspecified atom stereocenters. The lowest BCUT2D eigenvalue weighted by molar-refractivity contribution is -0.123. The molecule has 0 saturated carbocycles. The topological polar surface area (TPSA) is 26.3 Å². The number of rotatable bonds is 3. The monoisotopic (exact) mass is 330 g/mol. The van der Waals surface area contributed by atoms with E-state index < -0.39 is 0 Å². The number of para-hydroxylation sites is 1. The van der Waals surface area contributed by atoms with Crippen LogP contribution in [0.2, 0.25) is 0 Å². The van der Waals surface area contributed by atoms with Gasteiger partial charge in [-0.2, -0.15) is 0 Å². The van der Waals surface area contributed by atoms with Crippen molar-refractivity contribution in [2.24, 2.45) is 5.92 Å². The van der Waals surface area contributed by atoms with Crippen LogP contribution >= 0.6 is 15.9 Å². The molecule has 3 heteroatoms. The molecule has 0 saturated heterocycles. The first-order valence-corrected chi connectivity index (χ1v) is 7.49. The first-order valence-electron chi connectivity index (χ1n) is 6.70. The van der Waals surface area contributed by atoms with Crippen LogP contribution in [0.3, 0.4) is 0 Å². The average molecular weight is 331 g/mol. The van der Waals surface area contributed by atoms with Gasteiger partial charge in [-0.3, -0.25) is 4.79 Å². The zero-order valence-electron chi connectivity index (χ0n) is 11.0. The third kappa shape index (κ3) is 2.93. The minimum atomic E-state index is -0.0338. The molecule has 0 N–H and O–H groups in total. The van der Waals surface area contributed by atoms with Crippen molar-refractivity contribution >= 4 is 21.7 Å². The maximum absolute atomic E-state index is 12.4. The van der Waals surface area contributed by atoms with Gasteiger partial charge in [0.05, 0.1) is 12.5 Å². The van der Waals surface area contributed by atoms with Crippen LogP contribution in [0, 0.1) is 5.92 Å². The molecule has 0 fully saturated rings. The van der Waals surface area contributed by atoms with Crippen molar-refractivity contribution < 1.29 is 9.53 Å². The van der Waals surface area contributed by atoms with Crippen LogP contribution in [-0.2, 0) is 17.6 Å². The molecule has 0 radical (unpaired) electrons. The fourth-order valence-electron chi connectivity index (χ4n) is 2.48. The van der Waals surface area contributed by atoms with E-state index in [1.807, 2.05) is 48.5 Å². The van der Waals surface area contributed by atoms with E-state index in [4.69, 9.17) is 4.74 Å². The Hall–Kier alpha value is -1.61. The fraction of sp³-hybridized carbons (Fsp3) is 0.235. The first kappa shape index (κ1) is 13.4. The molecule has 0 aromatic heterocycles. The molecule has 3 rings (SSSR count). The van der Waals surface area contributed by atoms with Gasteiger partial charge in [-0.1, -0.05) is 46.3 Å². The smallest absolute Gasteiger partial charge is 0.144 e. The summed E-state index contributed by atoms with van der Waals surface area (Å²) in [5.41, 5.74) is 2.19. The summed E-state index contributed by atoms with van der Waals surface area (Å²) in [7, 11) is 0. The Kier molecular flexibility index (Phi) is 3.88. The van der Waals surface area contributed by atoms with Gasteiger partial charge in [0.2, 0.25) is 0 Å². The Bertz CT molecular complexity index is 619. The molecule has 0 amide bonds. The highest BCUT2D eigenvalue weighted by Gasteiger charge is 2.25. The van der Waals surface area contributed by atoms with E-state index >= 15 is 0 Å². The SMILES string of the molecule is O=C(Cc1ccc(Br)cc1)C1COc2ccccc2C1. The molecular formula is C17H15BrO2. The van der Waals surface area contributed by atoms with Crippen molar-refractivity contribution in [3.63, 3.8) is 0 Å². The van der Waals surface area contributed by atoms with Crippen LogP contribution in [-0.4, -0.2) is 12.4 Å². The van der Waals surface area contributed by atoms with E-state index in [2.05, 4.69) is 15.9 Å². The summed E-state index contributed by atoms with van der Waals surface area (Å²) in [6, 6.07) is 15.9. The summed E-state index contributed by atoms with van der Waals surface area (Å²) in [5, 5.41) is 0. The van der Waals surface area contributed by atoms with Crippen molar-refractivity contribution in [1.82, 2.24) is 0 Å². The third-order valence-corrected chi connectivity index (χ3v) is 4.15. The summed E-state index contributed by atoms with van der Waals surface area (Å²) in [5.74, 6) is 1.13. The van der Waals surface area contributed by atoms with Gasteiger partial charge in [0, 0.05) is 10.9 Å². The maximum atomic E-state index is 12.4. The lowest BCUT2D eigenvalue weighted by atomic mass is 9.90. The van der Waals surface area contributed by atoms with E-state index in [1.54, 1.807) is 0 Å². The molecular weight excluding hydrogens is 316 g/mol. The Morgan fingerprint density at radius 1 is 1.15 bits per heavy atom. The van der Waals surface area contributed by atoms with Gasteiger partial charge in [-0.05, 0) is 35.7 Å². The van der Waals surface area contributed by atoms with Gasteiger partial charge in [0.1, 0.15) is 11.5 Å². The Morgan fingerprint density at radius 2 is 1.90 bits per heavy atom. The van der Waals surface area contributed by atoms with Crippen LogP contribution in [0.4, 0.5) is 0 Å². The van der Waals surface area contributed by atoms with Crippen molar-refractivity contribution in [2.75, 3.05) is 6.61 Å². The molecule has 1 aliphatic rings. The zero-order valence-corrected chi connectivity index (χ0v) is 12.6. The molecule has 20 heavy (non-hydrogen) atoms. The van der Waals surface area contributed by atoms with Gasteiger partial charge in [-0.25, -0.2) is 0 Å². The molecule has 0 aliphatic carbocycles. The Labute approximate surface area is 126 Å². The maximum Gasteiger partial charge on any atom is 0.144 e. The van der Waals surface area contributed by atoms with Crippen molar-refractivity contribution in [3.8, 4) is 5.75 Å². The summed E-state index contributed by atoms with van der Waals surface area (Å²) in [4.78, 5) is 12.4. The number of halogens is 1. The number of carbonyl (C=O) groups excluding carboxylic acids is 1. The number of ketones is 1. The number of benzene rings is 2. The van der Waals surface area contributed by atoms with Crippen molar-refractivity contribution in [1.29, 1.82) is 0 Å². The second kappa shape index (κ2) is 5.80. The summed E-state index contributed by atoms with van der Waals surface area (Å²) in [6.07, 6.45) is 1.26. The largest absolute Gasteiger partial charge is 0.493 e. The number of ether oxygens (including phenoxy) is 1. The first-order chi connectivity index (χ1) is 9.72. The van der Waals surface area contributed by atoms with Gasteiger partial charge in [0.15, 0.2) is 0 Å². The van der Waals surface area contributed by atoms with E-state index in [0.29, 0.717) is 13.0 Å². The van der Waals surface area contributed by atoms with Gasteiger partial charge < -0.3 is 4.74 Å². The minimum Gasteiger partial charge on any atom is -0.493 e.